The zero-order valence-electron chi connectivity index (χ0n) is 12.8. The Morgan fingerprint density at radius 2 is 1.72 bits per heavy atom. The third-order valence-corrected chi connectivity index (χ3v) is 5.17. The second-order valence-electron chi connectivity index (χ2n) is 6.95. The van der Waals surface area contributed by atoms with Crippen molar-refractivity contribution in [2.45, 2.75) is 77.4 Å². The zero-order chi connectivity index (χ0) is 13.1. The van der Waals surface area contributed by atoms with Crippen LogP contribution in [0.5, 0.6) is 0 Å². The number of nitrogens with one attached hydrogen (secondary N) is 1. The molecule has 2 fully saturated rings. The highest BCUT2D eigenvalue weighted by molar-refractivity contribution is 4.88. The lowest BCUT2D eigenvalue weighted by atomic mass is 9.78. The van der Waals surface area contributed by atoms with E-state index in [1.165, 1.54) is 45.1 Å². The van der Waals surface area contributed by atoms with Crippen molar-refractivity contribution >= 4 is 0 Å². The fourth-order valence-electron chi connectivity index (χ4n) is 3.52. The molecule has 0 radical (unpaired) electrons. The molecule has 2 rings (SSSR count). The van der Waals surface area contributed by atoms with E-state index < -0.39 is 0 Å². The molecule has 0 aliphatic heterocycles. The minimum Gasteiger partial charge on any atom is -0.312 e. The molecule has 2 heteroatoms. The first-order valence-electron chi connectivity index (χ1n) is 8.05. The molecule has 0 aromatic heterocycles. The van der Waals surface area contributed by atoms with Crippen LogP contribution in [0.1, 0.15) is 59.3 Å². The summed E-state index contributed by atoms with van der Waals surface area (Å²) in [4.78, 5) is 2.57. The van der Waals surface area contributed by atoms with Gasteiger partial charge in [0, 0.05) is 24.7 Å². The van der Waals surface area contributed by atoms with Gasteiger partial charge in [0.15, 0.2) is 0 Å². The largest absolute Gasteiger partial charge is 0.312 e. The number of likely N-dealkylation sites (N-methyl/N-ethyl adjacent to an activating group) is 1. The van der Waals surface area contributed by atoms with Crippen molar-refractivity contribution in [1.82, 2.24) is 10.2 Å². The van der Waals surface area contributed by atoms with E-state index in [4.69, 9.17) is 0 Å². The summed E-state index contributed by atoms with van der Waals surface area (Å²) in [7, 11) is 2.30. The molecule has 0 aromatic rings. The molecule has 2 aliphatic carbocycles. The molecule has 0 spiro atoms. The monoisotopic (exact) mass is 252 g/mol. The molecule has 106 valence electrons. The molecule has 2 nitrogen and oxygen atoms in total. The van der Waals surface area contributed by atoms with Gasteiger partial charge in [-0.2, -0.15) is 0 Å². The van der Waals surface area contributed by atoms with Gasteiger partial charge >= 0.3 is 0 Å². The molecule has 0 amide bonds. The van der Waals surface area contributed by atoms with Gasteiger partial charge in [-0.3, -0.25) is 4.90 Å². The van der Waals surface area contributed by atoms with E-state index in [9.17, 15) is 0 Å². The Kier molecular flexibility index (Phi) is 5.08. The fourth-order valence-corrected chi connectivity index (χ4v) is 3.52. The van der Waals surface area contributed by atoms with E-state index in [1.807, 2.05) is 0 Å². The molecule has 1 N–H and O–H groups in total. The van der Waals surface area contributed by atoms with Crippen LogP contribution >= 0.6 is 0 Å². The van der Waals surface area contributed by atoms with Crippen LogP contribution in [-0.2, 0) is 0 Å². The van der Waals surface area contributed by atoms with Crippen molar-refractivity contribution in [3.05, 3.63) is 0 Å². The number of rotatable bonds is 6. The molecule has 18 heavy (non-hydrogen) atoms. The summed E-state index contributed by atoms with van der Waals surface area (Å²) in [5.74, 6) is 1.73. The minimum atomic E-state index is 0.687. The van der Waals surface area contributed by atoms with Gasteiger partial charge in [-0.05, 0) is 51.5 Å². The summed E-state index contributed by atoms with van der Waals surface area (Å²) >= 11 is 0. The van der Waals surface area contributed by atoms with Gasteiger partial charge in [0.05, 0.1) is 0 Å². The third kappa shape index (κ3) is 3.71. The lowest BCUT2D eigenvalue weighted by molar-refractivity contribution is 0.180. The van der Waals surface area contributed by atoms with Crippen molar-refractivity contribution in [3.8, 4) is 0 Å². The predicted molar refractivity (Wildman–Crippen MR) is 78.8 cm³/mol. The quantitative estimate of drug-likeness (QED) is 0.780. The summed E-state index contributed by atoms with van der Waals surface area (Å²) in [6, 6.07) is 2.34. The third-order valence-electron chi connectivity index (χ3n) is 5.17. The minimum absolute atomic E-state index is 0.687. The van der Waals surface area contributed by atoms with Crippen LogP contribution in [0, 0.1) is 11.8 Å². The van der Waals surface area contributed by atoms with E-state index in [2.05, 4.69) is 38.0 Å². The first-order chi connectivity index (χ1) is 8.59. The highest BCUT2D eigenvalue weighted by atomic mass is 15.2. The SMILES string of the molecule is CC(C)C1CCCCC1NCC(C)N(C)C1CC1. The van der Waals surface area contributed by atoms with Gasteiger partial charge < -0.3 is 5.32 Å². The van der Waals surface area contributed by atoms with Crippen LogP contribution in [-0.4, -0.2) is 36.6 Å². The van der Waals surface area contributed by atoms with E-state index in [-0.39, 0.29) is 0 Å². The Hall–Kier alpha value is -0.0800. The summed E-state index contributed by atoms with van der Waals surface area (Å²) in [5, 5.41) is 3.87. The van der Waals surface area contributed by atoms with E-state index in [0.29, 0.717) is 6.04 Å². The Labute approximate surface area is 114 Å². The molecule has 3 atom stereocenters. The normalized spacial score (nSPS) is 31.0. The molecule has 2 saturated carbocycles. The summed E-state index contributed by atoms with van der Waals surface area (Å²) < 4.78 is 0. The molecule has 3 unspecified atom stereocenters. The lowest BCUT2D eigenvalue weighted by Gasteiger charge is -2.36. The van der Waals surface area contributed by atoms with Crippen LogP contribution in [0.2, 0.25) is 0 Å². The van der Waals surface area contributed by atoms with Crippen molar-refractivity contribution in [1.29, 1.82) is 0 Å². The highest BCUT2D eigenvalue weighted by Crippen LogP contribution is 2.30. The van der Waals surface area contributed by atoms with Gasteiger partial charge in [0.2, 0.25) is 0 Å². The van der Waals surface area contributed by atoms with E-state index >= 15 is 0 Å². The van der Waals surface area contributed by atoms with Crippen LogP contribution in [0.25, 0.3) is 0 Å². The van der Waals surface area contributed by atoms with Crippen molar-refractivity contribution in [2.24, 2.45) is 11.8 Å². The molecule has 0 saturated heterocycles. The molecular weight excluding hydrogens is 220 g/mol. The number of hydrogen-bond donors (Lipinski definition) is 1. The van der Waals surface area contributed by atoms with Crippen LogP contribution < -0.4 is 5.32 Å². The topological polar surface area (TPSA) is 15.3 Å². The summed E-state index contributed by atoms with van der Waals surface area (Å²) in [5.41, 5.74) is 0. The first-order valence-corrected chi connectivity index (χ1v) is 8.05. The molecule has 2 aliphatic rings. The van der Waals surface area contributed by atoms with Gasteiger partial charge in [0.1, 0.15) is 0 Å². The van der Waals surface area contributed by atoms with Crippen LogP contribution in [0.3, 0.4) is 0 Å². The Balaban J connectivity index is 1.76. The maximum atomic E-state index is 3.87. The Bertz CT molecular complexity index is 247. The van der Waals surface area contributed by atoms with Gasteiger partial charge in [-0.25, -0.2) is 0 Å². The summed E-state index contributed by atoms with van der Waals surface area (Å²) in [6.07, 6.45) is 8.52. The first kappa shape index (κ1) is 14.3. The van der Waals surface area contributed by atoms with Gasteiger partial charge in [0.25, 0.3) is 0 Å². The average molecular weight is 252 g/mol. The fraction of sp³-hybridized carbons (Fsp3) is 1.00. The van der Waals surface area contributed by atoms with E-state index in [0.717, 1.165) is 23.9 Å². The maximum Gasteiger partial charge on any atom is 0.0192 e. The van der Waals surface area contributed by atoms with Gasteiger partial charge in [-0.1, -0.05) is 26.7 Å². The summed E-state index contributed by atoms with van der Waals surface area (Å²) in [6.45, 7) is 8.33. The Morgan fingerprint density at radius 1 is 1.06 bits per heavy atom. The van der Waals surface area contributed by atoms with E-state index in [1.54, 1.807) is 0 Å². The van der Waals surface area contributed by atoms with Crippen molar-refractivity contribution in [2.75, 3.05) is 13.6 Å². The zero-order valence-corrected chi connectivity index (χ0v) is 12.8. The Morgan fingerprint density at radius 3 is 2.33 bits per heavy atom. The van der Waals surface area contributed by atoms with Crippen LogP contribution in [0.15, 0.2) is 0 Å². The van der Waals surface area contributed by atoms with Crippen LogP contribution in [0.4, 0.5) is 0 Å². The number of hydrogen-bond acceptors (Lipinski definition) is 2. The average Bonchev–Trinajstić information content (AvgIpc) is 3.19. The predicted octanol–water partition coefficient (Wildman–Crippen LogP) is 3.27. The van der Waals surface area contributed by atoms with Crippen molar-refractivity contribution in [3.63, 3.8) is 0 Å². The standard InChI is InChI=1S/C16H32N2/c1-12(2)15-7-5-6-8-16(15)17-11-13(3)18(4)14-9-10-14/h12-17H,5-11H2,1-4H3. The maximum absolute atomic E-state index is 3.87. The molecular formula is C16H32N2. The molecule has 0 heterocycles. The second kappa shape index (κ2) is 6.38. The molecule has 0 bridgehead atoms. The number of nitrogens with zero attached hydrogens (tertiary/aromatic N) is 1. The highest BCUT2D eigenvalue weighted by Gasteiger charge is 2.31. The lowest BCUT2D eigenvalue weighted by Crippen LogP contribution is -2.47. The van der Waals surface area contributed by atoms with Gasteiger partial charge in [-0.15, -0.1) is 0 Å². The second-order valence-corrected chi connectivity index (χ2v) is 6.95. The molecule has 0 aromatic carbocycles. The smallest absolute Gasteiger partial charge is 0.0192 e. The van der Waals surface area contributed by atoms with Crippen molar-refractivity contribution < 1.29 is 0 Å².